The molecule has 0 aliphatic carbocycles. The number of aromatic nitrogens is 1. The lowest BCUT2D eigenvalue weighted by molar-refractivity contribution is 0.0663. The Morgan fingerprint density at radius 3 is 2.65 bits per heavy atom. The van der Waals surface area contributed by atoms with Gasteiger partial charge in [-0.25, -0.2) is 9.78 Å². The van der Waals surface area contributed by atoms with E-state index in [1.807, 2.05) is 25.1 Å². The summed E-state index contributed by atoms with van der Waals surface area (Å²) in [5.41, 5.74) is 3.20. The third-order valence-electron chi connectivity index (χ3n) is 4.39. The van der Waals surface area contributed by atoms with Gasteiger partial charge in [-0.05, 0) is 43.5 Å². The van der Waals surface area contributed by atoms with E-state index < -0.39 is 5.97 Å². The summed E-state index contributed by atoms with van der Waals surface area (Å²) >= 11 is 0. The van der Waals surface area contributed by atoms with Gasteiger partial charge in [-0.1, -0.05) is 24.3 Å². The lowest BCUT2D eigenvalue weighted by Gasteiger charge is -2.35. The predicted molar refractivity (Wildman–Crippen MR) is 85.5 cm³/mol. The second kappa shape index (κ2) is 5.83. The number of hydrogen-bond acceptors (Lipinski definition) is 3. The lowest BCUT2D eigenvalue weighted by atomic mass is 9.93. The fourth-order valence-corrected chi connectivity index (χ4v) is 3.10. The molecule has 1 atom stereocenters. The number of pyridine rings is 1. The number of carbonyl (C=O) groups is 2. The maximum atomic E-state index is 12.8. The predicted octanol–water partition coefficient (Wildman–Crippen LogP) is 2.85. The van der Waals surface area contributed by atoms with Crippen LogP contribution in [-0.2, 0) is 6.42 Å². The number of carboxylic acid groups (broad SMARTS) is 1. The molecule has 0 spiro atoms. The van der Waals surface area contributed by atoms with Crippen LogP contribution in [0, 0.1) is 6.92 Å². The van der Waals surface area contributed by atoms with Crippen molar-refractivity contribution in [3.05, 3.63) is 64.5 Å². The average molecular weight is 310 g/mol. The molecule has 1 aliphatic heterocycles. The first-order chi connectivity index (χ1) is 11.0. The van der Waals surface area contributed by atoms with Gasteiger partial charge in [-0.3, -0.25) is 4.79 Å². The van der Waals surface area contributed by atoms with Crippen LogP contribution in [0.15, 0.2) is 36.4 Å². The van der Waals surface area contributed by atoms with E-state index in [9.17, 15) is 9.59 Å². The first kappa shape index (κ1) is 15.2. The van der Waals surface area contributed by atoms with Crippen molar-refractivity contribution in [2.45, 2.75) is 26.3 Å². The fraction of sp³-hybridized carbons (Fsp3) is 0.278. The Bertz CT molecular complexity index is 786. The lowest BCUT2D eigenvalue weighted by Crippen LogP contribution is -2.39. The van der Waals surface area contributed by atoms with Crippen LogP contribution in [0.25, 0.3) is 0 Å². The van der Waals surface area contributed by atoms with Crippen molar-refractivity contribution in [3.8, 4) is 0 Å². The van der Waals surface area contributed by atoms with Gasteiger partial charge in [0.2, 0.25) is 0 Å². The van der Waals surface area contributed by atoms with Crippen LogP contribution in [0.1, 0.15) is 50.6 Å². The van der Waals surface area contributed by atoms with Gasteiger partial charge in [0.05, 0.1) is 17.3 Å². The Morgan fingerprint density at radius 2 is 1.96 bits per heavy atom. The minimum Gasteiger partial charge on any atom is -0.478 e. The fourth-order valence-electron chi connectivity index (χ4n) is 3.10. The Kier molecular flexibility index (Phi) is 3.86. The standard InChI is InChI=1S/C18H18N2O3/c1-11-14(18(22)23)7-8-16(19-11)17(21)20-10-9-13-5-3-4-6-15(13)12(20)2/h3-8,12H,9-10H2,1-2H3,(H,22,23). The molecule has 1 amide bonds. The third kappa shape index (κ3) is 2.70. The third-order valence-corrected chi connectivity index (χ3v) is 4.39. The molecule has 3 rings (SSSR count). The minimum atomic E-state index is -1.03. The number of hydrogen-bond donors (Lipinski definition) is 1. The largest absolute Gasteiger partial charge is 0.478 e. The molecule has 1 aliphatic rings. The number of nitrogens with zero attached hydrogens (tertiary/aromatic N) is 2. The van der Waals surface area contributed by atoms with Crippen LogP contribution in [0.5, 0.6) is 0 Å². The van der Waals surface area contributed by atoms with Gasteiger partial charge in [-0.2, -0.15) is 0 Å². The van der Waals surface area contributed by atoms with Gasteiger partial charge < -0.3 is 10.0 Å². The Labute approximate surface area is 134 Å². The molecule has 1 aromatic carbocycles. The highest BCUT2D eigenvalue weighted by atomic mass is 16.4. The van der Waals surface area contributed by atoms with Crippen molar-refractivity contribution in [2.24, 2.45) is 0 Å². The Balaban J connectivity index is 1.90. The first-order valence-electron chi connectivity index (χ1n) is 7.58. The second-order valence-electron chi connectivity index (χ2n) is 5.76. The topological polar surface area (TPSA) is 70.5 Å². The molecule has 0 saturated heterocycles. The van der Waals surface area contributed by atoms with Gasteiger partial charge in [0.1, 0.15) is 5.69 Å². The molecule has 5 heteroatoms. The van der Waals surface area contributed by atoms with Crippen LogP contribution in [0.4, 0.5) is 0 Å². The van der Waals surface area contributed by atoms with E-state index in [0.29, 0.717) is 17.9 Å². The molecule has 0 radical (unpaired) electrons. The number of fused-ring (bicyclic) bond motifs is 1. The van der Waals surface area contributed by atoms with E-state index in [0.717, 1.165) is 12.0 Å². The molecule has 5 nitrogen and oxygen atoms in total. The number of rotatable bonds is 2. The normalized spacial score (nSPS) is 16.8. The maximum absolute atomic E-state index is 12.8. The molecular formula is C18H18N2O3. The molecular weight excluding hydrogens is 292 g/mol. The summed E-state index contributed by atoms with van der Waals surface area (Å²) in [5, 5.41) is 9.06. The molecule has 118 valence electrons. The summed E-state index contributed by atoms with van der Waals surface area (Å²) < 4.78 is 0. The van der Waals surface area contributed by atoms with Crippen molar-refractivity contribution in [1.29, 1.82) is 0 Å². The number of benzene rings is 1. The smallest absolute Gasteiger partial charge is 0.337 e. The summed E-state index contributed by atoms with van der Waals surface area (Å²) in [4.78, 5) is 29.8. The van der Waals surface area contributed by atoms with Crippen LogP contribution in [0.3, 0.4) is 0 Å². The first-order valence-corrected chi connectivity index (χ1v) is 7.58. The van der Waals surface area contributed by atoms with Crippen molar-refractivity contribution in [3.63, 3.8) is 0 Å². The van der Waals surface area contributed by atoms with Crippen LogP contribution in [-0.4, -0.2) is 33.4 Å². The van der Waals surface area contributed by atoms with Gasteiger partial charge in [0, 0.05) is 6.54 Å². The molecule has 1 unspecified atom stereocenters. The van der Waals surface area contributed by atoms with Crippen molar-refractivity contribution < 1.29 is 14.7 Å². The highest BCUT2D eigenvalue weighted by Crippen LogP contribution is 2.30. The molecule has 2 heterocycles. The maximum Gasteiger partial charge on any atom is 0.337 e. The van der Waals surface area contributed by atoms with Crippen LogP contribution in [0.2, 0.25) is 0 Å². The quantitative estimate of drug-likeness (QED) is 0.926. The molecule has 23 heavy (non-hydrogen) atoms. The Morgan fingerprint density at radius 1 is 1.22 bits per heavy atom. The van der Waals surface area contributed by atoms with E-state index in [4.69, 9.17) is 5.11 Å². The average Bonchev–Trinajstić information content (AvgIpc) is 2.54. The monoisotopic (exact) mass is 310 g/mol. The summed E-state index contributed by atoms with van der Waals surface area (Å²) in [6.45, 7) is 4.25. The zero-order valence-electron chi connectivity index (χ0n) is 13.1. The van der Waals surface area contributed by atoms with Gasteiger partial charge in [0.25, 0.3) is 5.91 Å². The summed E-state index contributed by atoms with van der Waals surface area (Å²) in [6, 6.07) is 11.1. The summed E-state index contributed by atoms with van der Waals surface area (Å²) in [7, 11) is 0. The molecule has 1 aromatic heterocycles. The molecule has 1 N–H and O–H groups in total. The van der Waals surface area contributed by atoms with E-state index >= 15 is 0 Å². The van der Waals surface area contributed by atoms with Gasteiger partial charge in [-0.15, -0.1) is 0 Å². The van der Waals surface area contributed by atoms with E-state index in [1.54, 1.807) is 11.8 Å². The number of amides is 1. The number of carbonyl (C=O) groups excluding carboxylic acids is 1. The summed E-state index contributed by atoms with van der Waals surface area (Å²) in [6.07, 6.45) is 0.818. The number of carboxylic acids is 1. The number of aryl methyl sites for hydroxylation is 1. The van der Waals surface area contributed by atoms with Crippen LogP contribution < -0.4 is 0 Å². The van der Waals surface area contributed by atoms with Gasteiger partial charge >= 0.3 is 5.97 Å². The second-order valence-corrected chi connectivity index (χ2v) is 5.76. The van der Waals surface area contributed by atoms with Crippen molar-refractivity contribution >= 4 is 11.9 Å². The van der Waals surface area contributed by atoms with E-state index in [1.165, 1.54) is 17.7 Å². The van der Waals surface area contributed by atoms with Crippen molar-refractivity contribution in [2.75, 3.05) is 6.54 Å². The Hall–Kier alpha value is -2.69. The number of aromatic carboxylic acids is 1. The SMILES string of the molecule is Cc1nc(C(=O)N2CCc3ccccc3C2C)ccc1C(=O)O. The zero-order chi connectivity index (χ0) is 16.6. The highest BCUT2D eigenvalue weighted by Gasteiger charge is 2.29. The molecule has 2 aromatic rings. The zero-order valence-corrected chi connectivity index (χ0v) is 13.1. The summed E-state index contributed by atoms with van der Waals surface area (Å²) in [5.74, 6) is -1.19. The van der Waals surface area contributed by atoms with Gasteiger partial charge in [0.15, 0.2) is 0 Å². The van der Waals surface area contributed by atoms with E-state index in [-0.39, 0.29) is 17.5 Å². The van der Waals surface area contributed by atoms with Crippen LogP contribution >= 0.6 is 0 Å². The molecule has 0 bridgehead atoms. The van der Waals surface area contributed by atoms with Crippen molar-refractivity contribution in [1.82, 2.24) is 9.88 Å². The molecule has 0 saturated carbocycles. The highest BCUT2D eigenvalue weighted by molar-refractivity contribution is 5.94. The minimum absolute atomic E-state index is 0.0197. The van der Waals surface area contributed by atoms with E-state index in [2.05, 4.69) is 11.1 Å². The molecule has 0 fully saturated rings.